The maximum absolute atomic E-state index is 12.1. The number of carbonyl (C=O) groups is 1. The SMILES string of the molecule is CC(C)c1ccc(NC(=O)CN2CCCC[C@H]2C)cc1. The number of hydrogen-bond acceptors (Lipinski definition) is 2. The highest BCUT2D eigenvalue weighted by Gasteiger charge is 2.20. The van der Waals surface area contributed by atoms with Crippen LogP contribution >= 0.6 is 0 Å². The maximum Gasteiger partial charge on any atom is 0.238 e. The summed E-state index contributed by atoms with van der Waals surface area (Å²) in [6.07, 6.45) is 3.70. The molecule has 1 N–H and O–H groups in total. The quantitative estimate of drug-likeness (QED) is 0.909. The van der Waals surface area contributed by atoms with Crippen LogP contribution in [0.2, 0.25) is 0 Å². The Morgan fingerprint density at radius 3 is 2.60 bits per heavy atom. The standard InChI is InChI=1S/C17H26N2O/c1-13(2)15-7-9-16(10-8-15)18-17(20)12-19-11-5-4-6-14(19)3/h7-10,13-14H,4-6,11-12H2,1-3H3,(H,18,20)/t14-/m1/s1. The van der Waals surface area contributed by atoms with Crippen molar-refractivity contribution in [2.45, 2.75) is 52.0 Å². The van der Waals surface area contributed by atoms with Crippen LogP contribution in [0.15, 0.2) is 24.3 Å². The Labute approximate surface area is 122 Å². The maximum atomic E-state index is 12.1. The molecule has 0 spiro atoms. The van der Waals surface area contributed by atoms with E-state index in [4.69, 9.17) is 0 Å². The molecule has 3 nitrogen and oxygen atoms in total. The van der Waals surface area contributed by atoms with Crippen LogP contribution in [-0.2, 0) is 4.79 Å². The van der Waals surface area contributed by atoms with Gasteiger partial charge in [-0.1, -0.05) is 32.4 Å². The molecule has 1 aromatic rings. The number of nitrogens with zero attached hydrogens (tertiary/aromatic N) is 1. The van der Waals surface area contributed by atoms with Crippen molar-refractivity contribution in [3.8, 4) is 0 Å². The Morgan fingerprint density at radius 2 is 2.00 bits per heavy atom. The molecule has 0 bridgehead atoms. The third-order valence-corrected chi connectivity index (χ3v) is 4.15. The van der Waals surface area contributed by atoms with E-state index < -0.39 is 0 Å². The topological polar surface area (TPSA) is 32.3 Å². The number of likely N-dealkylation sites (tertiary alicyclic amines) is 1. The summed E-state index contributed by atoms with van der Waals surface area (Å²) in [4.78, 5) is 14.4. The molecular weight excluding hydrogens is 248 g/mol. The predicted octanol–water partition coefficient (Wildman–Crippen LogP) is 3.62. The fraction of sp³-hybridized carbons (Fsp3) is 0.588. The molecule has 20 heavy (non-hydrogen) atoms. The average Bonchev–Trinajstić information content (AvgIpc) is 2.42. The molecule has 0 saturated carbocycles. The van der Waals surface area contributed by atoms with Crippen LogP contribution in [0.25, 0.3) is 0 Å². The van der Waals surface area contributed by atoms with E-state index in [9.17, 15) is 4.79 Å². The van der Waals surface area contributed by atoms with Crippen molar-refractivity contribution in [1.82, 2.24) is 4.90 Å². The van der Waals surface area contributed by atoms with Gasteiger partial charge in [-0.05, 0) is 49.9 Å². The summed E-state index contributed by atoms with van der Waals surface area (Å²) < 4.78 is 0. The molecule has 0 aliphatic carbocycles. The number of hydrogen-bond donors (Lipinski definition) is 1. The largest absolute Gasteiger partial charge is 0.325 e. The summed E-state index contributed by atoms with van der Waals surface area (Å²) in [6, 6.07) is 8.69. The molecule has 0 unspecified atom stereocenters. The van der Waals surface area contributed by atoms with E-state index in [1.807, 2.05) is 12.1 Å². The van der Waals surface area contributed by atoms with Crippen molar-refractivity contribution in [3.63, 3.8) is 0 Å². The monoisotopic (exact) mass is 274 g/mol. The van der Waals surface area contributed by atoms with E-state index in [2.05, 4.69) is 43.1 Å². The van der Waals surface area contributed by atoms with Gasteiger partial charge in [-0.25, -0.2) is 0 Å². The van der Waals surface area contributed by atoms with Gasteiger partial charge in [-0.2, -0.15) is 0 Å². The summed E-state index contributed by atoms with van der Waals surface area (Å²) in [5.74, 6) is 0.616. The van der Waals surface area contributed by atoms with Crippen molar-refractivity contribution in [1.29, 1.82) is 0 Å². The van der Waals surface area contributed by atoms with Gasteiger partial charge < -0.3 is 5.32 Å². The van der Waals surface area contributed by atoms with Gasteiger partial charge in [-0.3, -0.25) is 9.69 Å². The molecule has 1 saturated heterocycles. The highest BCUT2D eigenvalue weighted by Crippen LogP contribution is 2.18. The number of rotatable bonds is 4. The van der Waals surface area contributed by atoms with Crippen LogP contribution < -0.4 is 5.32 Å². The van der Waals surface area contributed by atoms with Crippen LogP contribution in [0.3, 0.4) is 0 Å². The first kappa shape index (κ1) is 15.0. The normalized spacial score (nSPS) is 20.1. The lowest BCUT2D eigenvalue weighted by molar-refractivity contribution is -0.118. The zero-order valence-electron chi connectivity index (χ0n) is 12.9. The van der Waals surface area contributed by atoms with Crippen molar-refractivity contribution in [2.24, 2.45) is 0 Å². The molecule has 0 aromatic heterocycles. The highest BCUT2D eigenvalue weighted by atomic mass is 16.2. The predicted molar refractivity (Wildman–Crippen MR) is 84.0 cm³/mol. The minimum atomic E-state index is 0.0936. The van der Waals surface area contributed by atoms with Gasteiger partial charge in [0, 0.05) is 11.7 Å². The fourth-order valence-electron chi connectivity index (χ4n) is 2.73. The molecule has 1 amide bonds. The third-order valence-electron chi connectivity index (χ3n) is 4.15. The van der Waals surface area contributed by atoms with E-state index in [-0.39, 0.29) is 5.91 Å². The molecule has 1 aromatic carbocycles. The minimum Gasteiger partial charge on any atom is -0.325 e. The number of carbonyl (C=O) groups excluding carboxylic acids is 1. The molecular formula is C17H26N2O. The molecule has 110 valence electrons. The zero-order chi connectivity index (χ0) is 14.5. The molecule has 3 heteroatoms. The molecule has 0 radical (unpaired) electrons. The van der Waals surface area contributed by atoms with Gasteiger partial charge in [0.05, 0.1) is 6.54 Å². The summed E-state index contributed by atoms with van der Waals surface area (Å²) in [5.41, 5.74) is 2.19. The molecule has 1 aliphatic heterocycles. The fourth-order valence-corrected chi connectivity index (χ4v) is 2.73. The number of benzene rings is 1. The molecule has 1 aliphatic rings. The van der Waals surface area contributed by atoms with Crippen molar-refractivity contribution in [2.75, 3.05) is 18.4 Å². The molecule has 1 atom stereocenters. The van der Waals surface area contributed by atoms with Crippen LogP contribution in [-0.4, -0.2) is 29.9 Å². The smallest absolute Gasteiger partial charge is 0.238 e. The van der Waals surface area contributed by atoms with Crippen molar-refractivity contribution >= 4 is 11.6 Å². The lowest BCUT2D eigenvalue weighted by Gasteiger charge is -2.32. The second kappa shape index (κ2) is 6.89. The first-order chi connectivity index (χ1) is 9.56. The molecule has 1 fully saturated rings. The number of amides is 1. The van der Waals surface area contributed by atoms with Crippen LogP contribution in [0.1, 0.15) is 51.5 Å². The highest BCUT2D eigenvalue weighted by molar-refractivity contribution is 5.92. The van der Waals surface area contributed by atoms with Crippen LogP contribution in [0.5, 0.6) is 0 Å². The van der Waals surface area contributed by atoms with Gasteiger partial charge in [0.15, 0.2) is 0 Å². The lowest BCUT2D eigenvalue weighted by Crippen LogP contribution is -2.42. The Balaban J connectivity index is 1.87. The second-order valence-corrected chi connectivity index (χ2v) is 6.14. The lowest BCUT2D eigenvalue weighted by atomic mass is 10.0. The van der Waals surface area contributed by atoms with Crippen LogP contribution in [0, 0.1) is 0 Å². The van der Waals surface area contributed by atoms with E-state index in [0.717, 1.165) is 12.2 Å². The zero-order valence-corrected chi connectivity index (χ0v) is 12.9. The van der Waals surface area contributed by atoms with Gasteiger partial charge in [-0.15, -0.1) is 0 Å². The summed E-state index contributed by atoms with van der Waals surface area (Å²) in [7, 11) is 0. The number of anilines is 1. The van der Waals surface area contributed by atoms with Gasteiger partial charge in [0.25, 0.3) is 0 Å². The third kappa shape index (κ3) is 4.07. The Bertz CT molecular complexity index is 439. The van der Waals surface area contributed by atoms with Gasteiger partial charge >= 0.3 is 0 Å². The second-order valence-electron chi connectivity index (χ2n) is 6.14. The number of piperidine rings is 1. The molecule has 2 rings (SSSR count). The van der Waals surface area contributed by atoms with E-state index in [0.29, 0.717) is 18.5 Å². The Hall–Kier alpha value is -1.35. The van der Waals surface area contributed by atoms with Crippen molar-refractivity contribution < 1.29 is 4.79 Å². The van der Waals surface area contributed by atoms with E-state index in [1.165, 1.54) is 24.8 Å². The first-order valence-electron chi connectivity index (χ1n) is 7.70. The van der Waals surface area contributed by atoms with E-state index in [1.54, 1.807) is 0 Å². The molecule has 1 heterocycles. The Kier molecular flexibility index (Phi) is 5.18. The van der Waals surface area contributed by atoms with Crippen molar-refractivity contribution in [3.05, 3.63) is 29.8 Å². The van der Waals surface area contributed by atoms with Gasteiger partial charge in [0.2, 0.25) is 5.91 Å². The summed E-state index contributed by atoms with van der Waals surface area (Å²) in [5, 5.41) is 3.00. The number of nitrogens with one attached hydrogen (secondary N) is 1. The summed E-state index contributed by atoms with van der Waals surface area (Å²) in [6.45, 7) is 8.11. The minimum absolute atomic E-state index is 0.0936. The average molecular weight is 274 g/mol. The van der Waals surface area contributed by atoms with E-state index >= 15 is 0 Å². The van der Waals surface area contributed by atoms with Crippen LogP contribution in [0.4, 0.5) is 5.69 Å². The van der Waals surface area contributed by atoms with Gasteiger partial charge in [0.1, 0.15) is 0 Å². The first-order valence-corrected chi connectivity index (χ1v) is 7.70. The summed E-state index contributed by atoms with van der Waals surface area (Å²) >= 11 is 0. The Morgan fingerprint density at radius 1 is 1.30 bits per heavy atom.